The molecule has 2 amide bonds. The molecule has 0 aliphatic carbocycles. The van der Waals surface area contributed by atoms with Gasteiger partial charge in [-0.3, -0.25) is 0 Å². The van der Waals surface area contributed by atoms with Gasteiger partial charge in [0.25, 0.3) is 0 Å². The quantitative estimate of drug-likeness (QED) is 0.924. The number of likely N-dealkylation sites (tertiary alicyclic amines) is 1. The molecule has 2 aliphatic heterocycles. The number of carbonyl (C=O) groups is 1. The highest BCUT2D eigenvalue weighted by Gasteiger charge is 2.30. The second-order valence-corrected chi connectivity index (χ2v) is 6.10. The Morgan fingerprint density at radius 3 is 3.21 bits per heavy atom. The van der Waals surface area contributed by atoms with E-state index in [1.807, 2.05) is 4.90 Å². The first kappa shape index (κ1) is 12.9. The van der Waals surface area contributed by atoms with Gasteiger partial charge in [0.1, 0.15) is 0 Å². The second kappa shape index (κ2) is 5.92. The maximum absolute atomic E-state index is 12.3. The van der Waals surface area contributed by atoms with Crippen LogP contribution in [0, 0.1) is 5.92 Å². The first-order valence-corrected chi connectivity index (χ1v) is 7.93. The van der Waals surface area contributed by atoms with Crippen LogP contribution in [0.1, 0.15) is 30.9 Å². The summed E-state index contributed by atoms with van der Waals surface area (Å²) in [6.45, 7) is 3.23. The first-order valence-electron chi connectivity index (χ1n) is 6.99. The van der Waals surface area contributed by atoms with E-state index in [1.54, 1.807) is 11.3 Å². The molecule has 5 heteroatoms. The highest BCUT2D eigenvalue weighted by molar-refractivity contribution is 7.07. The summed E-state index contributed by atoms with van der Waals surface area (Å²) in [6.07, 6.45) is 3.24. The summed E-state index contributed by atoms with van der Waals surface area (Å²) in [5.41, 5.74) is 1.28. The maximum Gasteiger partial charge on any atom is 0.317 e. The molecule has 1 N–H and O–H groups in total. The van der Waals surface area contributed by atoms with Gasteiger partial charge in [-0.05, 0) is 41.7 Å². The van der Waals surface area contributed by atoms with Crippen molar-refractivity contribution in [3.63, 3.8) is 0 Å². The Bertz CT molecular complexity index is 415. The third-order valence-electron chi connectivity index (χ3n) is 4.01. The van der Waals surface area contributed by atoms with Crippen LogP contribution in [0.5, 0.6) is 0 Å². The lowest BCUT2D eigenvalue weighted by molar-refractivity contribution is 0.179. The fraction of sp³-hybridized carbons (Fsp3) is 0.643. The van der Waals surface area contributed by atoms with Gasteiger partial charge >= 0.3 is 6.03 Å². The standard InChI is InChI=1S/C14H20N2O2S/c17-14(15-8-11-3-6-18-9-11)16-5-1-2-13(16)12-4-7-19-10-12/h4,7,10-11,13H,1-3,5-6,8-9H2,(H,15,17)/t11-,13+/m1/s1. The van der Waals surface area contributed by atoms with Crippen molar-refractivity contribution in [2.45, 2.75) is 25.3 Å². The van der Waals surface area contributed by atoms with Crippen LogP contribution in [0.3, 0.4) is 0 Å². The monoisotopic (exact) mass is 280 g/mol. The Hall–Kier alpha value is -1.07. The highest BCUT2D eigenvalue weighted by atomic mass is 32.1. The molecule has 0 bridgehead atoms. The Morgan fingerprint density at radius 1 is 1.53 bits per heavy atom. The molecule has 2 saturated heterocycles. The van der Waals surface area contributed by atoms with Crippen molar-refractivity contribution in [1.29, 1.82) is 0 Å². The molecular weight excluding hydrogens is 260 g/mol. The van der Waals surface area contributed by atoms with Crippen LogP contribution in [0.25, 0.3) is 0 Å². The van der Waals surface area contributed by atoms with Crippen molar-refractivity contribution in [2.75, 3.05) is 26.3 Å². The van der Waals surface area contributed by atoms with Crippen LogP contribution in [-0.4, -0.2) is 37.2 Å². The number of thiophene rings is 1. The molecule has 1 aromatic rings. The SMILES string of the molecule is O=C(NC[C@H]1CCOC1)N1CCC[C@H]1c1ccsc1. The van der Waals surface area contributed by atoms with Gasteiger partial charge in [-0.25, -0.2) is 4.79 Å². The molecule has 2 fully saturated rings. The van der Waals surface area contributed by atoms with Gasteiger partial charge < -0.3 is 15.0 Å². The molecule has 0 aromatic carbocycles. The van der Waals surface area contributed by atoms with Crippen molar-refractivity contribution in [1.82, 2.24) is 10.2 Å². The van der Waals surface area contributed by atoms with Gasteiger partial charge in [-0.1, -0.05) is 0 Å². The fourth-order valence-electron chi connectivity index (χ4n) is 2.90. The third-order valence-corrected chi connectivity index (χ3v) is 4.71. The molecule has 3 rings (SSSR count). The predicted molar refractivity (Wildman–Crippen MR) is 75.3 cm³/mol. The summed E-state index contributed by atoms with van der Waals surface area (Å²) < 4.78 is 5.33. The zero-order chi connectivity index (χ0) is 13.1. The van der Waals surface area contributed by atoms with Crippen molar-refractivity contribution in [2.24, 2.45) is 5.92 Å². The Kier molecular flexibility index (Phi) is 4.03. The van der Waals surface area contributed by atoms with Crippen molar-refractivity contribution in [3.05, 3.63) is 22.4 Å². The number of amides is 2. The van der Waals surface area contributed by atoms with Crippen molar-refractivity contribution < 1.29 is 9.53 Å². The number of ether oxygens (including phenoxy) is 1. The Labute approximate surface area is 117 Å². The predicted octanol–water partition coefficient (Wildman–Crippen LogP) is 2.63. The van der Waals surface area contributed by atoms with E-state index in [-0.39, 0.29) is 12.1 Å². The number of hydrogen-bond donors (Lipinski definition) is 1. The molecule has 3 heterocycles. The van der Waals surface area contributed by atoms with Crippen LogP contribution >= 0.6 is 11.3 Å². The Morgan fingerprint density at radius 2 is 2.47 bits per heavy atom. The minimum absolute atomic E-state index is 0.0839. The first-order chi connectivity index (χ1) is 9.34. The van der Waals surface area contributed by atoms with E-state index < -0.39 is 0 Å². The van der Waals surface area contributed by atoms with Gasteiger partial charge in [-0.2, -0.15) is 11.3 Å². The normalized spacial score (nSPS) is 26.8. The molecule has 4 nitrogen and oxygen atoms in total. The average molecular weight is 280 g/mol. The second-order valence-electron chi connectivity index (χ2n) is 5.32. The lowest BCUT2D eigenvalue weighted by Gasteiger charge is -2.25. The van der Waals surface area contributed by atoms with E-state index in [9.17, 15) is 4.79 Å². The van der Waals surface area contributed by atoms with Gasteiger partial charge in [0.15, 0.2) is 0 Å². The van der Waals surface area contributed by atoms with Crippen LogP contribution < -0.4 is 5.32 Å². The lowest BCUT2D eigenvalue weighted by atomic mass is 10.1. The van der Waals surface area contributed by atoms with Crippen molar-refractivity contribution in [3.8, 4) is 0 Å². The molecule has 2 atom stereocenters. The molecule has 1 aromatic heterocycles. The van der Waals surface area contributed by atoms with Crippen LogP contribution in [0.15, 0.2) is 16.8 Å². The summed E-state index contributed by atoms with van der Waals surface area (Å²) in [6, 6.07) is 2.48. The number of hydrogen-bond acceptors (Lipinski definition) is 3. The van der Waals surface area contributed by atoms with E-state index in [0.717, 1.165) is 45.6 Å². The van der Waals surface area contributed by atoms with Crippen LogP contribution in [0.4, 0.5) is 4.79 Å². The van der Waals surface area contributed by atoms with Crippen LogP contribution in [0.2, 0.25) is 0 Å². The zero-order valence-electron chi connectivity index (χ0n) is 11.0. The molecular formula is C14H20N2O2S. The lowest BCUT2D eigenvalue weighted by Crippen LogP contribution is -2.41. The van der Waals surface area contributed by atoms with Crippen LogP contribution in [-0.2, 0) is 4.74 Å². The Balaban J connectivity index is 1.56. The number of nitrogens with one attached hydrogen (secondary N) is 1. The minimum Gasteiger partial charge on any atom is -0.381 e. The van der Waals surface area contributed by atoms with E-state index in [2.05, 4.69) is 22.1 Å². The summed E-state index contributed by atoms with van der Waals surface area (Å²) in [7, 11) is 0. The number of rotatable bonds is 3. The highest BCUT2D eigenvalue weighted by Crippen LogP contribution is 2.32. The number of nitrogens with zero attached hydrogens (tertiary/aromatic N) is 1. The van der Waals surface area contributed by atoms with Gasteiger partial charge in [0.05, 0.1) is 12.6 Å². The maximum atomic E-state index is 12.3. The molecule has 0 unspecified atom stereocenters. The number of carbonyl (C=O) groups excluding carboxylic acids is 1. The summed E-state index contributed by atoms with van der Waals surface area (Å²) in [5.74, 6) is 0.492. The zero-order valence-corrected chi connectivity index (χ0v) is 11.8. The molecule has 0 spiro atoms. The molecule has 0 radical (unpaired) electrons. The van der Waals surface area contributed by atoms with E-state index in [4.69, 9.17) is 4.74 Å². The average Bonchev–Trinajstić information content (AvgIpc) is 3.14. The van der Waals surface area contributed by atoms with E-state index in [1.165, 1.54) is 5.56 Å². The third kappa shape index (κ3) is 2.92. The topological polar surface area (TPSA) is 41.6 Å². The smallest absolute Gasteiger partial charge is 0.317 e. The van der Waals surface area contributed by atoms with Crippen molar-refractivity contribution >= 4 is 17.4 Å². The van der Waals surface area contributed by atoms with Gasteiger partial charge in [0.2, 0.25) is 0 Å². The molecule has 19 heavy (non-hydrogen) atoms. The summed E-state index contributed by atoms with van der Waals surface area (Å²) >= 11 is 1.70. The van der Waals surface area contributed by atoms with E-state index >= 15 is 0 Å². The largest absolute Gasteiger partial charge is 0.381 e. The minimum atomic E-state index is 0.0839. The number of urea groups is 1. The van der Waals surface area contributed by atoms with Gasteiger partial charge in [0, 0.05) is 25.6 Å². The van der Waals surface area contributed by atoms with Gasteiger partial charge in [-0.15, -0.1) is 0 Å². The summed E-state index contributed by atoms with van der Waals surface area (Å²) in [5, 5.41) is 7.31. The summed E-state index contributed by atoms with van der Waals surface area (Å²) in [4.78, 5) is 14.3. The fourth-order valence-corrected chi connectivity index (χ4v) is 3.61. The van der Waals surface area contributed by atoms with E-state index in [0.29, 0.717) is 5.92 Å². The molecule has 2 aliphatic rings. The molecule has 104 valence electrons. The molecule has 0 saturated carbocycles.